The van der Waals surface area contributed by atoms with Crippen LogP contribution in [0.2, 0.25) is 0 Å². The van der Waals surface area contributed by atoms with E-state index in [1.54, 1.807) is 0 Å². The second kappa shape index (κ2) is 5.54. The van der Waals surface area contributed by atoms with Gasteiger partial charge in [0.25, 0.3) is 5.91 Å². The van der Waals surface area contributed by atoms with E-state index in [1.807, 2.05) is 26.0 Å². The highest BCUT2D eigenvalue weighted by Crippen LogP contribution is 2.65. The lowest BCUT2D eigenvalue weighted by Gasteiger charge is -2.39. The van der Waals surface area contributed by atoms with Gasteiger partial charge < -0.3 is 10.1 Å². The Bertz CT molecular complexity index is 622. The van der Waals surface area contributed by atoms with Gasteiger partial charge in [0.2, 0.25) is 0 Å². The summed E-state index contributed by atoms with van der Waals surface area (Å²) in [6, 6.07) is 6.36. The van der Waals surface area contributed by atoms with Gasteiger partial charge in [-0.2, -0.15) is 0 Å². The third-order valence-corrected chi connectivity index (χ3v) is 6.83. The number of rotatable bonds is 4. The van der Waals surface area contributed by atoms with Crippen LogP contribution in [-0.2, 0) is 4.79 Å². The van der Waals surface area contributed by atoms with Crippen LogP contribution < -0.4 is 10.1 Å². The molecule has 1 aromatic rings. The van der Waals surface area contributed by atoms with Crippen molar-refractivity contribution in [3.8, 4) is 5.75 Å². The first-order valence-corrected chi connectivity index (χ1v) is 8.73. The second-order valence-corrected chi connectivity index (χ2v) is 8.29. The van der Waals surface area contributed by atoms with Gasteiger partial charge in [-0.05, 0) is 67.1 Å². The van der Waals surface area contributed by atoms with E-state index in [0.29, 0.717) is 5.41 Å². The molecule has 3 atom stereocenters. The fraction of sp³-hybridized carbons (Fsp3) is 0.650. The van der Waals surface area contributed by atoms with Crippen LogP contribution >= 0.6 is 0 Å². The predicted octanol–water partition coefficient (Wildman–Crippen LogP) is 4.01. The van der Waals surface area contributed by atoms with E-state index in [0.717, 1.165) is 29.2 Å². The molecule has 3 heteroatoms. The number of carbonyl (C=O) groups is 1. The molecule has 126 valence electrons. The maximum Gasteiger partial charge on any atom is 0.258 e. The van der Waals surface area contributed by atoms with Crippen molar-refractivity contribution in [2.75, 3.05) is 6.61 Å². The summed E-state index contributed by atoms with van der Waals surface area (Å²) in [5.41, 5.74) is 2.75. The summed E-state index contributed by atoms with van der Waals surface area (Å²) >= 11 is 0. The maximum atomic E-state index is 12.4. The highest BCUT2D eigenvalue weighted by atomic mass is 16.5. The van der Waals surface area contributed by atoms with Crippen molar-refractivity contribution in [1.29, 1.82) is 0 Å². The van der Waals surface area contributed by atoms with Crippen LogP contribution in [0.25, 0.3) is 0 Å². The zero-order chi connectivity index (χ0) is 16.8. The lowest BCUT2D eigenvalue weighted by molar-refractivity contribution is -0.124. The van der Waals surface area contributed by atoms with Gasteiger partial charge in [0.1, 0.15) is 5.75 Å². The molecule has 3 nitrogen and oxygen atoms in total. The Labute approximate surface area is 139 Å². The van der Waals surface area contributed by atoms with Crippen molar-refractivity contribution in [1.82, 2.24) is 5.32 Å². The van der Waals surface area contributed by atoms with Gasteiger partial charge in [-0.3, -0.25) is 4.79 Å². The Morgan fingerprint density at radius 3 is 2.65 bits per heavy atom. The number of hydrogen-bond acceptors (Lipinski definition) is 2. The third-order valence-electron chi connectivity index (χ3n) is 6.83. The molecule has 1 amide bonds. The third kappa shape index (κ3) is 2.64. The van der Waals surface area contributed by atoms with E-state index in [2.05, 4.69) is 32.2 Å². The Morgan fingerprint density at radius 2 is 2.04 bits per heavy atom. The van der Waals surface area contributed by atoms with Crippen molar-refractivity contribution in [3.63, 3.8) is 0 Å². The molecule has 0 unspecified atom stereocenters. The highest BCUT2D eigenvalue weighted by Gasteiger charge is 2.61. The standard InChI is InChI=1S/C20H29NO2/c1-13-6-7-14(2)16(10-13)23-12-18(22)21-17-11-15-8-9-20(17,5)19(15,3)4/h6-7,10,15,17H,8-9,11-12H2,1-5H3,(H,21,22)/t15-,17+,20-/m0/s1. The first-order chi connectivity index (χ1) is 10.7. The average molecular weight is 315 g/mol. The molecule has 0 aliphatic heterocycles. The number of hydrogen-bond donors (Lipinski definition) is 1. The fourth-order valence-electron chi connectivity index (χ4n) is 4.66. The summed E-state index contributed by atoms with van der Waals surface area (Å²) in [7, 11) is 0. The number of amides is 1. The molecule has 1 aromatic carbocycles. The minimum atomic E-state index is 0.000445. The Balaban J connectivity index is 1.60. The molecule has 0 radical (unpaired) electrons. The molecule has 2 bridgehead atoms. The fourth-order valence-corrected chi connectivity index (χ4v) is 4.66. The van der Waals surface area contributed by atoms with Crippen LogP contribution in [0.3, 0.4) is 0 Å². The van der Waals surface area contributed by atoms with Crippen LogP contribution in [0, 0.1) is 30.6 Å². The molecule has 0 heterocycles. The van der Waals surface area contributed by atoms with Crippen LogP contribution in [-0.4, -0.2) is 18.6 Å². The molecule has 23 heavy (non-hydrogen) atoms. The molecule has 0 spiro atoms. The second-order valence-electron chi connectivity index (χ2n) is 8.29. The molecular weight excluding hydrogens is 286 g/mol. The van der Waals surface area contributed by atoms with Crippen molar-refractivity contribution >= 4 is 5.91 Å². The summed E-state index contributed by atoms with van der Waals surface area (Å²) in [6.07, 6.45) is 3.63. The first-order valence-electron chi connectivity index (χ1n) is 8.73. The van der Waals surface area contributed by atoms with Gasteiger partial charge in [-0.15, -0.1) is 0 Å². The Kier molecular flexibility index (Phi) is 3.94. The smallest absolute Gasteiger partial charge is 0.258 e. The number of nitrogens with one attached hydrogen (secondary N) is 1. The minimum Gasteiger partial charge on any atom is -0.483 e. The number of benzene rings is 1. The van der Waals surface area contributed by atoms with E-state index in [1.165, 1.54) is 12.8 Å². The molecule has 2 aliphatic rings. The topological polar surface area (TPSA) is 38.3 Å². The summed E-state index contributed by atoms with van der Waals surface area (Å²) in [5.74, 6) is 1.54. The molecule has 0 aromatic heterocycles. The quantitative estimate of drug-likeness (QED) is 0.911. The zero-order valence-corrected chi connectivity index (χ0v) is 15.0. The van der Waals surface area contributed by atoms with E-state index < -0.39 is 0 Å². The SMILES string of the molecule is Cc1ccc(C)c(OCC(=O)N[C@@H]2C[C@@H]3CC[C@]2(C)C3(C)C)c1. The van der Waals surface area contributed by atoms with Crippen molar-refractivity contribution in [2.24, 2.45) is 16.7 Å². The normalized spacial score (nSPS) is 31.2. The van der Waals surface area contributed by atoms with Gasteiger partial charge in [0.15, 0.2) is 6.61 Å². The van der Waals surface area contributed by atoms with Gasteiger partial charge in [-0.25, -0.2) is 0 Å². The predicted molar refractivity (Wildman–Crippen MR) is 92.6 cm³/mol. The molecule has 0 saturated heterocycles. The lowest BCUT2D eigenvalue weighted by atomic mass is 9.69. The monoisotopic (exact) mass is 315 g/mol. The lowest BCUT2D eigenvalue weighted by Crippen LogP contribution is -2.48. The van der Waals surface area contributed by atoms with Crippen LogP contribution in [0.5, 0.6) is 5.75 Å². The van der Waals surface area contributed by atoms with Crippen LogP contribution in [0.15, 0.2) is 18.2 Å². The number of aryl methyl sites for hydroxylation is 2. The average Bonchev–Trinajstić information content (AvgIpc) is 2.81. The molecule has 3 rings (SSSR count). The van der Waals surface area contributed by atoms with E-state index in [4.69, 9.17) is 4.74 Å². The van der Waals surface area contributed by atoms with Crippen LogP contribution in [0.4, 0.5) is 0 Å². The van der Waals surface area contributed by atoms with Crippen molar-refractivity contribution in [2.45, 2.75) is 59.9 Å². The van der Waals surface area contributed by atoms with Gasteiger partial charge in [0, 0.05) is 6.04 Å². The number of ether oxygens (including phenoxy) is 1. The number of fused-ring (bicyclic) bond motifs is 2. The highest BCUT2D eigenvalue weighted by molar-refractivity contribution is 5.78. The molecular formula is C20H29NO2. The first kappa shape index (κ1) is 16.4. The molecule has 2 aliphatic carbocycles. The van der Waals surface area contributed by atoms with E-state index >= 15 is 0 Å². The summed E-state index contributed by atoms with van der Waals surface area (Å²) in [6.45, 7) is 11.2. The summed E-state index contributed by atoms with van der Waals surface area (Å²) in [4.78, 5) is 12.4. The van der Waals surface area contributed by atoms with Gasteiger partial charge in [-0.1, -0.05) is 32.9 Å². The largest absolute Gasteiger partial charge is 0.483 e. The van der Waals surface area contributed by atoms with Crippen molar-refractivity contribution in [3.05, 3.63) is 29.3 Å². The maximum absolute atomic E-state index is 12.4. The van der Waals surface area contributed by atoms with Crippen LogP contribution in [0.1, 0.15) is 51.2 Å². The summed E-state index contributed by atoms with van der Waals surface area (Å²) < 4.78 is 5.74. The zero-order valence-electron chi connectivity index (χ0n) is 15.0. The number of carbonyl (C=O) groups excluding carboxylic acids is 1. The molecule has 2 fully saturated rings. The minimum absolute atomic E-state index is 0.000445. The summed E-state index contributed by atoms with van der Waals surface area (Å²) in [5, 5.41) is 3.25. The van der Waals surface area contributed by atoms with Crippen molar-refractivity contribution < 1.29 is 9.53 Å². The Morgan fingerprint density at radius 1 is 1.30 bits per heavy atom. The van der Waals surface area contributed by atoms with E-state index in [-0.39, 0.29) is 24.0 Å². The Hall–Kier alpha value is -1.51. The van der Waals surface area contributed by atoms with Gasteiger partial charge in [0.05, 0.1) is 0 Å². The van der Waals surface area contributed by atoms with Gasteiger partial charge >= 0.3 is 0 Å². The van der Waals surface area contributed by atoms with E-state index in [9.17, 15) is 4.79 Å². The molecule has 2 saturated carbocycles. The molecule has 1 N–H and O–H groups in total.